The summed E-state index contributed by atoms with van der Waals surface area (Å²) in [6, 6.07) is 11.1. The number of likely N-dealkylation sites (tertiary alicyclic amines) is 1. The van der Waals surface area contributed by atoms with Crippen LogP contribution in [-0.2, 0) is 0 Å². The van der Waals surface area contributed by atoms with Crippen LogP contribution in [0.1, 0.15) is 22.2 Å². The highest BCUT2D eigenvalue weighted by Gasteiger charge is 2.36. The van der Waals surface area contributed by atoms with Gasteiger partial charge in [0.1, 0.15) is 0 Å². The Morgan fingerprint density at radius 2 is 1.92 bits per heavy atom. The molecule has 0 saturated carbocycles. The average Bonchev–Trinajstić information content (AvgIpc) is 3.04. The quantitative estimate of drug-likeness (QED) is 0.693. The van der Waals surface area contributed by atoms with Gasteiger partial charge in [0.25, 0.3) is 5.91 Å². The molecule has 4 rings (SSSR count). The molecule has 0 atom stereocenters. The van der Waals surface area contributed by atoms with Crippen molar-refractivity contribution in [3.05, 3.63) is 64.7 Å². The van der Waals surface area contributed by atoms with Gasteiger partial charge in [0.15, 0.2) is 0 Å². The van der Waals surface area contributed by atoms with Crippen molar-refractivity contribution in [3.8, 4) is 11.4 Å². The molecule has 6 nitrogen and oxygen atoms in total. The Morgan fingerprint density at radius 1 is 1.17 bits per heavy atom. The summed E-state index contributed by atoms with van der Waals surface area (Å²) in [4.78, 5) is 22.7. The molecule has 0 aliphatic carbocycles. The first-order valence-electron chi connectivity index (χ1n) is 7.50. The molecule has 24 heavy (non-hydrogen) atoms. The fraction of sp³-hybridized carbons (Fsp3) is 0.176. The fourth-order valence-corrected chi connectivity index (χ4v) is 3.08. The van der Waals surface area contributed by atoms with E-state index < -0.39 is 0 Å². The van der Waals surface area contributed by atoms with Crippen molar-refractivity contribution in [2.45, 2.75) is 5.92 Å². The number of rotatable bonds is 3. The third-order valence-corrected chi connectivity index (χ3v) is 4.69. The normalized spacial score (nSPS) is 14.5. The number of benzene rings is 1. The molecule has 1 aromatic carbocycles. The highest BCUT2D eigenvalue weighted by molar-refractivity contribution is 9.10. The number of nitrogens with zero attached hydrogens (tertiary/aromatic N) is 4. The molecule has 0 N–H and O–H groups in total. The van der Waals surface area contributed by atoms with Gasteiger partial charge in [-0.15, -0.1) is 0 Å². The van der Waals surface area contributed by atoms with Crippen LogP contribution in [0.2, 0.25) is 0 Å². The van der Waals surface area contributed by atoms with Crippen LogP contribution in [0.25, 0.3) is 11.4 Å². The lowest BCUT2D eigenvalue weighted by Gasteiger charge is -2.37. The van der Waals surface area contributed by atoms with Crippen molar-refractivity contribution >= 4 is 21.8 Å². The molecule has 0 radical (unpaired) electrons. The molecule has 1 saturated heterocycles. The second kappa shape index (κ2) is 6.16. The van der Waals surface area contributed by atoms with Crippen molar-refractivity contribution in [3.63, 3.8) is 0 Å². The SMILES string of the molecule is O=C(c1ccccc1Br)N1CC(c2nc(-c3ccncc3)no2)C1. The first-order chi connectivity index (χ1) is 11.7. The van der Waals surface area contributed by atoms with Gasteiger partial charge in [-0.05, 0) is 40.2 Å². The Morgan fingerprint density at radius 3 is 2.67 bits per heavy atom. The monoisotopic (exact) mass is 384 g/mol. The zero-order valence-electron chi connectivity index (χ0n) is 12.6. The summed E-state index contributed by atoms with van der Waals surface area (Å²) < 4.78 is 6.15. The number of aromatic nitrogens is 3. The number of amides is 1. The van der Waals surface area contributed by atoms with E-state index in [-0.39, 0.29) is 11.8 Å². The Bertz CT molecular complexity index is 875. The third kappa shape index (κ3) is 2.71. The van der Waals surface area contributed by atoms with Crippen LogP contribution >= 0.6 is 15.9 Å². The minimum Gasteiger partial charge on any atom is -0.339 e. The van der Waals surface area contributed by atoms with E-state index in [1.165, 1.54) is 0 Å². The summed E-state index contributed by atoms with van der Waals surface area (Å²) in [5.74, 6) is 1.20. The molecule has 120 valence electrons. The first kappa shape index (κ1) is 15.0. The zero-order valence-corrected chi connectivity index (χ0v) is 14.2. The lowest BCUT2D eigenvalue weighted by atomic mass is 9.99. The molecular formula is C17H13BrN4O2. The minimum absolute atomic E-state index is 0.00703. The molecule has 1 fully saturated rings. The first-order valence-corrected chi connectivity index (χ1v) is 8.29. The Balaban J connectivity index is 1.44. The highest BCUT2D eigenvalue weighted by Crippen LogP contribution is 2.30. The van der Waals surface area contributed by atoms with Crippen LogP contribution < -0.4 is 0 Å². The van der Waals surface area contributed by atoms with E-state index in [0.717, 1.165) is 10.0 Å². The predicted octanol–water partition coefficient (Wildman–Crippen LogP) is 3.13. The van der Waals surface area contributed by atoms with Gasteiger partial charge < -0.3 is 9.42 Å². The molecule has 0 unspecified atom stereocenters. The average molecular weight is 385 g/mol. The molecular weight excluding hydrogens is 372 g/mol. The van der Waals surface area contributed by atoms with Gasteiger partial charge in [0.05, 0.1) is 11.5 Å². The van der Waals surface area contributed by atoms with Crippen LogP contribution in [0.4, 0.5) is 0 Å². The summed E-state index contributed by atoms with van der Waals surface area (Å²) in [5, 5.41) is 4.01. The number of carbonyl (C=O) groups is 1. The van der Waals surface area contributed by atoms with E-state index in [4.69, 9.17) is 4.52 Å². The smallest absolute Gasteiger partial charge is 0.255 e. The summed E-state index contributed by atoms with van der Waals surface area (Å²) >= 11 is 3.41. The van der Waals surface area contributed by atoms with Crippen LogP contribution in [0.15, 0.2) is 57.8 Å². The lowest BCUT2D eigenvalue weighted by molar-refractivity contribution is 0.0568. The van der Waals surface area contributed by atoms with Crippen LogP contribution in [-0.4, -0.2) is 39.0 Å². The van der Waals surface area contributed by atoms with Crippen LogP contribution in [0, 0.1) is 0 Å². The summed E-state index contributed by atoms with van der Waals surface area (Å²) in [5.41, 5.74) is 1.53. The van der Waals surface area contributed by atoms with E-state index in [1.807, 2.05) is 36.4 Å². The Labute approximate surface area is 146 Å². The largest absolute Gasteiger partial charge is 0.339 e. The van der Waals surface area contributed by atoms with E-state index in [9.17, 15) is 4.79 Å². The number of hydrogen-bond donors (Lipinski definition) is 0. The van der Waals surface area contributed by atoms with Gasteiger partial charge in [-0.25, -0.2) is 0 Å². The third-order valence-electron chi connectivity index (χ3n) is 4.00. The van der Waals surface area contributed by atoms with Gasteiger partial charge in [-0.3, -0.25) is 9.78 Å². The van der Waals surface area contributed by atoms with E-state index in [2.05, 4.69) is 31.1 Å². The summed E-state index contributed by atoms with van der Waals surface area (Å²) in [7, 11) is 0. The fourth-order valence-electron chi connectivity index (χ4n) is 2.62. The standard InChI is InChI=1S/C17H13BrN4O2/c18-14-4-2-1-3-13(14)17(23)22-9-12(10-22)16-20-15(21-24-16)11-5-7-19-8-6-11/h1-8,12H,9-10H2. The van der Waals surface area contributed by atoms with E-state index in [1.54, 1.807) is 17.3 Å². The van der Waals surface area contributed by atoms with Crippen molar-refractivity contribution in [2.24, 2.45) is 0 Å². The van der Waals surface area contributed by atoms with E-state index >= 15 is 0 Å². The molecule has 1 aliphatic heterocycles. The maximum Gasteiger partial charge on any atom is 0.255 e. The van der Waals surface area contributed by atoms with Crippen molar-refractivity contribution in [2.75, 3.05) is 13.1 Å². The Hall–Kier alpha value is -2.54. The topological polar surface area (TPSA) is 72.1 Å². The lowest BCUT2D eigenvalue weighted by Crippen LogP contribution is -2.48. The van der Waals surface area contributed by atoms with Gasteiger partial charge in [-0.2, -0.15) is 4.98 Å². The zero-order chi connectivity index (χ0) is 16.5. The highest BCUT2D eigenvalue weighted by atomic mass is 79.9. The second-order valence-corrected chi connectivity index (χ2v) is 6.43. The van der Waals surface area contributed by atoms with Gasteiger partial charge >= 0.3 is 0 Å². The van der Waals surface area contributed by atoms with Crippen molar-refractivity contribution < 1.29 is 9.32 Å². The number of pyridine rings is 1. The van der Waals surface area contributed by atoms with E-state index in [0.29, 0.717) is 30.4 Å². The molecule has 3 aromatic rings. The molecule has 1 aliphatic rings. The van der Waals surface area contributed by atoms with Crippen LogP contribution in [0.3, 0.4) is 0 Å². The molecule has 7 heteroatoms. The Kier molecular flexibility index (Phi) is 3.86. The summed E-state index contributed by atoms with van der Waals surface area (Å²) in [6.45, 7) is 1.16. The number of halogens is 1. The summed E-state index contributed by atoms with van der Waals surface area (Å²) in [6.07, 6.45) is 3.37. The second-order valence-electron chi connectivity index (χ2n) is 5.58. The molecule has 1 amide bonds. The molecule has 0 bridgehead atoms. The van der Waals surface area contributed by atoms with Gasteiger partial charge in [-0.1, -0.05) is 17.3 Å². The maximum absolute atomic E-state index is 12.5. The maximum atomic E-state index is 12.5. The predicted molar refractivity (Wildman–Crippen MR) is 90.3 cm³/mol. The van der Waals surface area contributed by atoms with Gasteiger partial charge in [0.2, 0.25) is 11.7 Å². The van der Waals surface area contributed by atoms with Crippen molar-refractivity contribution in [1.29, 1.82) is 0 Å². The molecule has 0 spiro atoms. The van der Waals surface area contributed by atoms with Crippen LogP contribution in [0.5, 0.6) is 0 Å². The van der Waals surface area contributed by atoms with Gasteiger partial charge in [0, 0.05) is 35.5 Å². The minimum atomic E-state index is 0.00703. The molecule has 2 aromatic heterocycles. The number of hydrogen-bond acceptors (Lipinski definition) is 5. The molecule has 3 heterocycles. The van der Waals surface area contributed by atoms with Crippen molar-refractivity contribution in [1.82, 2.24) is 20.0 Å². The number of carbonyl (C=O) groups excluding carboxylic acids is 1.